The molecule has 0 amide bonds. The van der Waals surface area contributed by atoms with Gasteiger partial charge in [-0.15, -0.1) is 11.3 Å². The number of hydrogen-bond donors (Lipinski definition) is 1. The van der Waals surface area contributed by atoms with Gasteiger partial charge < -0.3 is 15.1 Å². The summed E-state index contributed by atoms with van der Waals surface area (Å²) in [4.78, 5) is 10.7. The second-order valence-electron chi connectivity index (χ2n) is 5.01. The van der Waals surface area contributed by atoms with Crippen LogP contribution in [0.1, 0.15) is 12.6 Å². The Labute approximate surface area is 117 Å². The lowest BCUT2D eigenvalue weighted by molar-refractivity contribution is 0.312. The first kappa shape index (κ1) is 12.9. The Balaban J connectivity index is 1.90. The van der Waals surface area contributed by atoms with Crippen molar-refractivity contribution < 1.29 is 0 Å². The van der Waals surface area contributed by atoms with E-state index in [1.807, 2.05) is 0 Å². The molecule has 2 aromatic rings. The molecule has 3 rings (SSSR count). The van der Waals surface area contributed by atoms with Gasteiger partial charge in [0.15, 0.2) is 10.8 Å². The minimum atomic E-state index is 0.885. The molecule has 3 heterocycles. The maximum absolute atomic E-state index is 4.82. The van der Waals surface area contributed by atoms with Gasteiger partial charge in [0, 0.05) is 44.3 Å². The highest BCUT2D eigenvalue weighted by Crippen LogP contribution is 2.25. The van der Waals surface area contributed by atoms with Crippen molar-refractivity contribution in [1.29, 1.82) is 0 Å². The van der Waals surface area contributed by atoms with Crippen LogP contribution in [0.2, 0.25) is 0 Å². The summed E-state index contributed by atoms with van der Waals surface area (Å²) in [5.41, 5.74) is 1.29. The lowest BCUT2D eigenvalue weighted by Gasteiger charge is -2.33. The SMILES string of the molecule is CCNCc1c(N2CCN(C)CC2)nc2sccn12. The number of thiazole rings is 1. The average molecular weight is 279 g/mol. The van der Waals surface area contributed by atoms with Crippen molar-refractivity contribution >= 4 is 22.1 Å². The minimum Gasteiger partial charge on any atom is -0.352 e. The monoisotopic (exact) mass is 279 g/mol. The van der Waals surface area contributed by atoms with Crippen molar-refractivity contribution in [2.75, 3.05) is 44.7 Å². The molecule has 5 nitrogen and oxygen atoms in total. The summed E-state index contributed by atoms with van der Waals surface area (Å²) in [5.74, 6) is 1.17. The largest absolute Gasteiger partial charge is 0.352 e. The fraction of sp³-hybridized carbons (Fsp3) is 0.615. The molecular formula is C13H21N5S. The van der Waals surface area contributed by atoms with E-state index in [0.29, 0.717) is 0 Å². The lowest BCUT2D eigenvalue weighted by Crippen LogP contribution is -2.45. The molecule has 2 aromatic heterocycles. The molecule has 1 aliphatic heterocycles. The van der Waals surface area contributed by atoms with Crippen LogP contribution in [0.3, 0.4) is 0 Å². The number of aromatic nitrogens is 2. The third kappa shape index (κ3) is 2.48. The third-order valence-corrected chi connectivity index (χ3v) is 4.44. The van der Waals surface area contributed by atoms with E-state index in [-0.39, 0.29) is 0 Å². The molecule has 0 aromatic carbocycles. The van der Waals surface area contributed by atoms with Gasteiger partial charge in [-0.25, -0.2) is 4.98 Å². The zero-order valence-electron chi connectivity index (χ0n) is 11.6. The molecule has 1 aliphatic rings. The van der Waals surface area contributed by atoms with Crippen LogP contribution in [0.5, 0.6) is 0 Å². The number of imidazole rings is 1. The molecule has 19 heavy (non-hydrogen) atoms. The van der Waals surface area contributed by atoms with Crippen molar-refractivity contribution in [3.8, 4) is 0 Å². The van der Waals surface area contributed by atoms with Gasteiger partial charge in [-0.3, -0.25) is 4.40 Å². The fourth-order valence-corrected chi connectivity index (χ4v) is 3.23. The topological polar surface area (TPSA) is 35.8 Å². The highest BCUT2D eigenvalue weighted by molar-refractivity contribution is 7.15. The zero-order chi connectivity index (χ0) is 13.2. The Bertz CT molecular complexity index is 538. The first-order chi connectivity index (χ1) is 9.29. The van der Waals surface area contributed by atoms with E-state index in [1.54, 1.807) is 11.3 Å². The highest BCUT2D eigenvalue weighted by Gasteiger charge is 2.21. The first-order valence-electron chi connectivity index (χ1n) is 6.88. The van der Waals surface area contributed by atoms with Gasteiger partial charge >= 0.3 is 0 Å². The molecule has 0 bridgehead atoms. The van der Waals surface area contributed by atoms with Crippen molar-refractivity contribution in [3.05, 3.63) is 17.3 Å². The summed E-state index contributed by atoms with van der Waals surface area (Å²) < 4.78 is 2.22. The molecule has 0 spiro atoms. The van der Waals surface area contributed by atoms with Gasteiger partial charge in [0.25, 0.3) is 0 Å². The van der Waals surface area contributed by atoms with Crippen LogP contribution in [0, 0.1) is 0 Å². The van der Waals surface area contributed by atoms with E-state index in [9.17, 15) is 0 Å². The average Bonchev–Trinajstić information content (AvgIpc) is 2.98. The summed E-state index contributed by atoms with van der Waals surface area (Å²) in [6, 6.07) is 0. The standard InChI is InChI=1S/C13H21N5S/c1-3-14-10-11-12(15-13-18(11)8-9-19-13)17-6-4-16(2)5-7-17/h8-9,14H,3-7,10H2,1-2H3. The predicted octanol–water partition coefficient (Wildman–Crippen LogP) is 1.26. The van der Waals surface area contributed by atoms with Gasteiger partial charge in [-0.2, -0.15) is 0 Å². The molecule has 0 atom stereocenters. The van der Waals surface area contributed by atoms with E-state index in [0.717, 1.165) is 44.2 Å². The number of fused-ring (bicyclic) bond motifs is 1. The van der Waals surface area contributed by atoms with E-state index >= 15 is 0 Å². The Morgan fingerprint density at radius 3 is 2.84 bits per heavy atom. The predicted molar refractivity (Wildman–Crippen MR) is 80.2 cm³/mol. The van der Waals surface area contributed by atoms with Crippen molar-refractivity contribution in [2.45, 2.75) is 13.5 Å². The fourth-order valence-electron chi connectivity index (χ4n) is 2.50. The highest BCUT2D eigenvalue weighted by atomic mass is 32.1. The maximum atomic E-state index is 4.82. The summed E-state index contributed by atoms with van der Waals surface area (Å²) in [5, 5.41) is 5.53. The van der Waals surface area contributed by atoms with Gasteiger partial charge in [0.2, 0.25) is 0 Å². The Hall–Kier alpha value is -1.11. The van der Waals surface area contributed by atoms with Crippen molar-refractivity contribution in [2.24, 2.45) is 0 Å². The van der Waals surface area contributed by atoms with E-state index in [1.165, 1.54) is 11.5 Å². The molecule has 0 saturated carbocycles. The van der Waals surface area contributed by atoms with Gasteiger partial charge in [-0.1, -0.05) is 6.92 Å². The third-order valence-electron chi connectivity index (χ3n) is 3.69. The summed E-state index contributed by atoms with van der Waals surface area (Å²) >= 11 is 1.71. The number of likely N-dealkylation sites (N-methyl/N-ethyl adjacent to an activating group) is 1. The van der Waals surface area contributed by atoms with E-state index in [4.69, 9.17) is 4.98 Å². The second-order valence-corrected chi connectivity index (χ2v) is 5.88. The number of rotatable bonds is 4. The first-order valence-corrected chi connectivity index (χ1v) is 7.76. The Morgan fingerprint density at radius 1 is 1.32 bits per heavy atom. The lowest BCUT2D eigenvalue weighted by atomic mass is 10.3. The Morgan fingerprint density at radius 2 is 2.11 bits per heavy atom. The summed E-state index contributed by atoms with van der Waals surface area (Å²) in [7, 11) is 2.18. The molecule has 1 saturated heterocycles. The van der Waals surface area contributed by atoms with Crippen LogP contribution in [-0.4, -0.2) is 54.1 Å². The second kappa shape index (κ2) is 5.48. The molecule has 1 fully saturated rings. The number of hydrogen-bond acceptors (Lipinski definition) is 5. The number of nitrogens with zero attached hydrogens (tertiary/aromatic N) is 4. The summed E-state index contributed by atoms with van der Waals surface area (Å²) in [6.45, 7) is 8.38. The van der Waals surface area contributed by atoms with Crippen LogP contribution < -0.4 is 10.2 Å². The van der Waals surface area contributed by atoms with Crippen LogP contribution in [0.25, 0.3) is 4.96 Å². The Kier molecular flexibility index (Phi) is 3.72. The molecule has 6 heteroatoms. The molecule has 0 radical (unpaired) electrons. The molecule has 0 aliphatic carbocycles. The van der Waals surface area contributed by atoms with Crippen LogP contribution in [-0.2, 0) is 6.54 Å². The number of anilines is 1. The number of piperazine rings is 1. The minimum absolute atomic E-state index is 0.885. The van der Waals surface area contributed by atoms with Crippen LogP contribution in [0.4, 0.5) is 5.82 Å². The van der Waals surface area contributed by atoms with Crippen molar-refractivity contribution in [3.63, 3.8) is 0 Å². The zero-order valence-corrected chi connectivity index (χ0v) is 12.4. The number of nitrogens with one attached hydrogen (secondary N) is 1. The van der Waals surface area contributed by atoms with Gasteiger partial charge in [0.05, 0.1) is 5.69 Å². The quantitative estimate of drug-likeness (QED) is 0.914. The van der Waals surface area contributed by atoms with Crippen LogP contribution in [0.15, 0.2) is 11.6 Å². The molecular weight excluding hydrogens is 258 g/mol. The molecule has 0 unspecified atom stereocenters. The van der Waals surface area contributed by atoms with Gasteiger partial charge in [0.1, 0.15) is 0 Å². The van der Waals surface area contributed by atoms with Gasteiger partial charge in [-0.05, 0) is 13.6 Å². The normalized spacial score (nSPS) is 17.5. The van der Waals surface area contributed by atoms with Crippen LogP contribution >= 0.6 is 11.3 Å². The smallest absolute Gasteiger partial charge is 0.195 e. The van der Waals surface area contributed by atoms with E-state index in [2.05, 4.69) is 45.1 Å². The summed E-state index contributed by atoms with van der Waals surface area (Å²) in [6.07, 6.45) is 2.12. The molecule has 104 valence electrons. The van der Waals surface area contributed by atoms with Crippen molar-refractivity contribution in [1.82, 2.24) is 19.6 Å². The molecule has 1 N–H and O–H groups in total. The maximum Gasteiger partial charge on any atom is 0.195 e. The van der Waals surface area contributed by atoms with E-state index < -0.39 is 0 Å².